The van der Waals surface area contributed by atoms with Gasteiger partial charge in [-0.1, -0.05) is 30.3 Å². The van der Waals surface area contributed by atoms with Crippen molar-refractivity contribution in [1.82, 2.24) is 15.5 Å². The number of amides is 1. The molecule has 1 atom stereocenters. The number of carbonyl (C=O) groups is 1. The largest absolute Gasteiger partial charge is 0.497 e. The molecule has 3 N–H and O–H groups in total. The van der Waals surface area contributed by atoms with Crippen LogP contribution in [0.4, 0.5) is 0 Å². The fourth-order valence-corrected chi connectivity index (χ4v) is 2.78. The maximum absolute atomic E-state index is 12.6. The van der Waals surface area contributed by atoms with E-state index in [9.17, 15) is 9.90 Å². The molecule has 2 aromatic carbocycles. The topological polar surface area (TPSA) is 96.5 Å². The van der Waals surface area contributed by atoms with Crippen molar-refractivity contribution in [2.45, 2.75) is 6.10 Å². The van der Waals surface area contributed by atoms with Crippen molar-refractivity contribution < 1.29 is 19.4 Å². The molecule has 1 heterocycles. The van der Waals surface area contributed by atoms with Crippen molar-refractivity contribution in [1.29, 1.82) is 0 Å². The zero-order valence-corrected chi connectivity index (χ0v) is 15.1. The van der Waals surface area contributed by atoms with Gasteiger partial charge < -0.3 is 19.9 Å². The second-order valence-corrected chi connectivity index (χ2v) is 5.86. The lowest BCUT2D eigenvalue weighted by Gasteiger charge is -2.16. The second kappa shape index (κ2) is 8.37. The molecule has 27 heavy (non-hydrogen) atoms. The molecule has 7 nitrogen and oxygen atoms in total. The van der Waals surface area contributed by atoms with Crippen LogP contribution >= 0.6 is 0 Å². The number of benzene rings is 2. The number of hydrogen-bond acceptors (Lipinski definition) is 5. The van der Waals surface area contributed by atoms with E-state index in [4.69, 9.17) is 9.47 Å². The Kier molecular flexibility index (Phi) is 5.73. The Morgan fingerprint density at radius 2 is 1.96 bits per heavy atom. The maximum Gasteiger partial charge on any atom is 0.255 e. The molecule has 0 saturated heterocycles. The van der Waals surface area contributed by atoms with Gasteiger partial charge in [0.2, 0.25) is 0 Å². The normalized spacial score (nSPS) is 11.7. The van der Waals surface area contributed by atoms with Gasteiger partial charge in [-0.15, -0.1) is 0 Å². The number of ether oxygens (including phenoxy) is 2. The van der Waals surface area contributed by atoms with Gasteiger partial charge in [0.15, 0.2) is 0 Å². The van der Waals surface area contributed by atoms with Gasteiger partial charge >= 0.3 is 0 Å². The van der Waals surface area contributed by atoms with Gasteiger partial charge in [-0.25, -0.2) is 0 Å². The van der Waals surface area contributed by atoms with E-state index in [1.165, 1.54) is 13.3 Å². The molecule has 7 heteroatoms. The molecule has 0 aliphatic rings. The lowest BCUT2D eigenvalue weighted by atomic mass is 10.1. The Labute approximate surface area is 157 Å². The first-order valence-electron chi connectivity index (χ1n) is 8.41. The van der Waals surface area contributed by atoms with Crippen LogP contribution in [0.3, 0.4) is 0 Å². The summed E-state index contributed by atoms with van der Waals surface area (Å²) in [5.41, 5.74) is 2.43. The van der Waals surface area contributed by atoms with Crippen molar-refractivity contribution in [3.63, 3.8) is 0 Å². The van der Waals surface area contributed by atoms with Gasteiger partial charge in [0.05, 0.1) is 31.7 Å². The van der Waals surface area contributed by atoms with Gasteiger partial charge in [0.1, 0.15) is 17.6 Å². The lowest BCUT2D eigenvalue weighted by molar-refractivity contribution is 0.0915. The third-order valence-electron chi connectivity index (χ3n) is 4.20. The summed E-state index contributed by atoms with van der Waals surface area (Å²) in [6.07, 6.45) is 0.516. The minimum atomic E-state index is -0.953. The molecule has 3 rings (SSSR count). The Balaban J connectivity index is 1.73. The minimum absolute atomic E-state index is 0.0156. The summed E-state index contributed by atoms with van der Waals surface area (Å²) >= 11 is 0. The molecule has 3 aromatic rings. The van der Waals surface area contributed by atoms with E-state index in [1.807, 2.05) is 30.3 Å². The molecule has 1 amide bonds. The first-order chi connectivity index (χ1) is 13.1. The molecule has 1 unspecified atom stereocenters. The molecule has 0 aliphatic heterocycles. The zero-order valence-electron chi connectivity index (χ0n) is 15.1. The minimum Gasteiger partial charge on any atom is -0.497 e. The van der Waals surface area contributed by atoms with Crippen LogP contribution in [0.2, 0.25) is 0 Å². The number of aliphatic hydroxyl groups excluding tert-OH is 1. The van der Waals surface area contributed by atoms with Gasteiger partial charge in [-0.2, -0.15) is 5.10 Å². The molecule has 0 aliphatic carbocycles. The first kappa shape index (κ1) is 18.5. The van der Waals surface area contributed by atoms with Crippen LogP contribution in [0.5, 0.6) is 11.5 Å². The van der Waals surface area contributed by atoms with Crippen molar-refractivity contribution in [3.8, 4) is 22.8 Å². The highest BCUT2D eigenvalue weighted by Gasteiger charge is 2.19. The van der Waals surface area contributed by atoms with Crippen LogP contribution in [0.1, 0.15) is 22.0 Å². The van der Waals surface area contributed by atoms with Crippen LogP contribution < -0.4 is 14.8 Å². The van der Waals surface area contributed by atoms with E-state index in [0.29, 0.717) is 28.3 Å². The number of rotatable bonds is 7. The highest BCUT2D eigenvalue weighted by Crippen LogP contribution is 2.29. The molecule has 0 saturated carbocycles. The quantitative estimate of drug-likeness (QED) is 0.596. The van der Waals surface area contributed by atoms with Crippen LogP contribution in [-0.2, 0) is 0 Å². The van der Waals surface area contributed by atoms with E-state index < -0.39 is 6.10 Å². The number of aromatic nitrogens is 2. The molecule has 0 radical (unpaired) electrons. The predicted molar refractivity (Wildman–Crippen MR) is 101 cm³/mol. The Bertz CT molecular complexity index is 909. The fraction of sp³-hybridized carbons (Fsp3) is 0.200. The van der Waals surface area contributed by atoms with Crippen LogP contribution in [-0.4, -0.2) is 42.0 Å². The number of carbonyl (C=O) groups excluding carboxylic acids is 1. The summed E-state index contributed by atoms with van der Waals surface area (Å²) in [6.45, 7) is 0.0156. The summed E-state index contributed by atoms with van der Waals surface area (Å²) in [5.74, 6) is 0.784. The zero-order chi connectivity index (χ0) is 19.2. The molecule has 1 aromatic heterocycles. The number of aliphatic hydroxyl groups is 1. The van der Waals surface area contributed by atoms with Crippen LogP contribution in [0.25, 0.3) is 11.3 Å². The van der Waals surface area contributed by atoms with Crippen LogP contribution in [0, 0.1) is 0 Å². The Hall–Kier alpha value is -3.32. The average molecular weight is 367 g/mol. The number of H-pyrrole nitrogens is 1. The first-order valence-corrected chi connectivity index (χ1v) is 8.41. The van der Waals surface area contributed by atoms with E-state index in [0.717, 1.165) is 5.56 Å². The van der Waals surface area contributed by atoms with Crippen molar-refractivity contribution in [2.24, 2.45) is 0 Å². The van der Waals surface area contributed by atoms with Gasteiger partial charge in [-0.05, 0) is 18.2 Å². The van der Waals surface area contributed by atoms with Gasteiger partial charge in [0.25, 0.3) is 5.91 Å². The Morgan fingerprint density at radius 1 is 1.19 bits per heavy atom. The smallest absolute Gasteiger partial charge is 0.255 e. The van der Waals surface area contributed by atoms with E-state index in [-0.39, 0.29) is 12.5 Å². The standard InChI is InChI=1S/C20H21N3O4/c1-26-14-8-9-18(27-2)15(10-14)17(24)12-21-20(25)16-11-22-23-19(16)13-6-4-3-5-7-13/h3-11,17,24H,12H2,1-2H3,(H,21,25)(H,22,23). The SMILES string of the molecule is COc1ccc(OC)c(C(O)CNC(=O)c2cn[nH]c2-c2ccccc2)c1. The van der Waals surface area contributed by atoms with E-state index in [1.54, 1.807) is 25.3 Å². The monoisotopic (exact) mass is 367 g/mol. The number of nitrogens with one attached hydrogen (secondary N) is 2. The molecule has 0 spiro atoms. The number of hydrogen-bond donors (Lipinski definition) is 3. The maximum atomic E-state index is 12.6. The summed E-state index contributed by atoms with van der Waals surface area (Å²) in [5, 5.41) is 20.1. The van der Waals surface area contributed by atoms with Crippen LogP contribution in [0.15, 0.2) is 54.7 Å². The highest BCUT2D eigenvalue weighted by atomic mass is 16.5. The molecular formula is C20H21N3O4. The molecule has 0 fully saturated rings. The lowest BCUT2D eigenvalue weighted by Crippen LogP contribution is -2.28. The molecular weight excluding hydrogens is 346 g/mol. The van der Waals surface area contributed by atoms with E-state index in [2.05, 4.69) is 15.5 Å². The van der Waals surface area contributed by atoms with Crippen molar-refractivity contribution in [2.75, 3.05) is 20.8 Å². The summed E-state index contributed by atoms with van der Waals surface area (Å²) in [7, 11) is 3.07. The predicted octanol–water partition coefficient (Wildman–Crippen LogP) is 2.56. The summed E-state index contributed by atoms with van der Waals surface area (Å²) in [4.78, 5) is 12.6. The van der Waals surface area contributed by atoms with Crippen molar-refractivity contribution in [3.05, 3.63) is 65.9 Å². The summed E-state index contributed by atoms with van der Waals surface area (Å²) in [6, 6.07) is 14.6. The van der Waals surface area contributed by atoms with Gasteiger partial charge in [-0.3, -0.25) is 9.89 Å². The second-order valence-electron chi connectivity index (χ2n) is 5.86. The number of aromatic amines is 1. The van der Waals surface area contributed by atoms with E-state index >= 15 is 0 Å². The van der Waals surface area contributed by atoms with Crippen molar-refractivity contribution >= 4 is 5.91 Å². The molecule has 140 valence electrons. The number of nitrogens with zero attached hydrogens (tertiary/aromatic N) is 1. The molecule has 0 bridgehead atoms. The number of methoxy groups -OCH3 is 2. The fourth-order valence-electron chi connectivity index (χ4n) is 2.78. The highest BCUT2D eigenvalue weighted by molar-refractivity contribution is 5.99. The average Bonchev–Trinajstić information content (AvgIpc) is 3.22. The Morgan fingerprint density at radius 3 is 2.67 bits per heavy atom. The summed E-state index contributed by atoms with van der Waals surface area (Å²) < 4.78 is 10.5. The van der Waals surface area contributed by atoms with Gasteiger partial charge in [0, 0.05) is 17.7 Å². The third-order valence-corrected chi connectivity index (χ3v) is 4.20. The third kappa shape index (κ3) is 4.09.